The van der Waals surface area contributed by atoms with Crippen LogP contribution in [0.3, 0.4) is 0 Å². The van der Waals surface area contributed by atoms with Crippen molar-refractivity contribution < 1.29 is 14.6 Å². The lowest BCUT2D eigenvalue weighted by Gasteiger charge is -2.21. The number of nitrogens with one attached hydrogen (secondary N) is 1. The number of methoxy groups -OCH3 is 1. The van der Waals surface area contributed by atoms with E-state index in [1.54, 1.807) is 39.2 Å². The van der Waals surface area contributed by atoms with Gasteiger partial charge in [0.15, 0.2) is 5.78 Å². The highest BCUT2D eigenvalue weighted by Gasteiger charge is 2.22. The first-order valence-electron chi connectivity index (χ1n) is 10.5. The van der Waals surface area contributed by atoms with Gasteiger partial charge in [-0.05, 0) is 71.5 Å². The lowest BCUT2D eigenvalue weighted by atomic mass is 9.89. The van der Waals surface area contributed by atoms with Crippen molar-refractivity contribution in [2.45, 2.75) is 71.3 Å². The average molecular weight is 390 g/mol. The number of rotatable bonds is 14. The smallest absolute Gasteiger partial charge is 0.163 e. The van der Waals surface area contributed by atoms with Crippen molar-refractivity contribution in [1.82, 2.24) is 5.32 Å². The number of Topliss-reactive ketones (excluding diaryl/α,β-unsaturated/α-hetero) is 1. The van der Waals surface area contributed by atoms with Crippen molar-refractivity contribution in [3.8, 4) is 5.75 Å². The van der Waals surface area contributed by atoms with Crippen LogP contribution in [-0.2, 0) is 5.60 Å². The van der Waals surface area contributed by atoms with Crippen LogP contribution in [0.4, 0.5) is 0 Å². The van der Waals surface area contributed by atoms with E-state index in [9.17, 15) is 9.90 Å². The molecule has 0 heterocycles. The standard InChI is InChI=1S/C24H39NO3/c1-7-18(2)9-8-10-19(15-16-25-5)11-14-22(26)20-12-13-21(24(3,4)27)23(17-20)28-6/h12-13,17,19,25,27H,2,7-11,14-16H2,1,3-6H3. The predicted molar refractivity (Wildman–Crippen MR) is 117 cm³/mol. The van der Waals surface area contributed by atoms with Gasteiger partial charge in [-0.15, -0.1) is 0 Å². The van der Waals surface area contributed by atoms with Gasteiger partial charge in [-0.25, -0.2) is 0 Å². The summed E-state index contributed by atoms with van der Waals surface area (Å²) in [5.74, 6) is 1.23. The normalized spacial score (nSPS) is 12.6. The molecule has 1 atom stereocenters. The molecule has 1 aromatic carbocycles. The fourth-order valence-electron chi connectivity index (χ4n) is 3.45. The average Bonchev–Trinajstić information content (AvgIpc) is 2.67. The Morgan fingerprint density at radius 3 is 2.54 bits per heavy atom. The maximum absolute atomic E-state index is 12.7. The summed E-state index contributed by atoms with van der Waals surface area (Å²) < 4.78 is 5.40. The molecule has 1 unspecified atom stereocenters. The summed E-state index contributed by atoms with van der Waals surface area (Å²) in [5, 5.41) is 13.5. The summed E-state index contributed by atoms with van der Waals surface area (Å²) in [6, 6.07) is 5.34. The lowest BCUT2D eigenvalue weighted by Crippen LogP contribution is -2.17. The molecule has 0 aliphatic heterocycles. The Morgan fingerprint density at radius 1 is 1.25 bits per heavy atom. The fraction of sp³-hybridized carbons (Fsp3) is 0.625. The van der Waals surface area contributed by atoms with Crippen molar-refractivity contribution in [3.05, 3.63) is 41.5 Å². The van der Waals surface area contributed by atoms with E-state index in [0.717, 1.165) is 45.1 Å². The minimum Gasteiger partial charge on any atom is -0.496 e. The third-order valence-corrected chi connectivity index (χ3v) is 5.41. The summed E-state index contributed by atoms with van der Waals surface area (Å²) in [7, 11) is 3.54. The minimum absolute atomic E-state index is 0.132. The molecule has 1 rings (SSSR count). The van der Waals surface area contributed by atoms with Gasteiger partial charge in [0.25, 0.3) is 0 Å². The van der Waals surface area contributed by atoms with Crippen LogP contribution in [-0.4, -0.2) is 31.6 Å². The number of ketones is 1. The molecule has 0 aliphatic rings. The zero-order valence-corrected chi connectivity index (χ0v) is 18.4. The SMILES string of the molecule is C=C(CC)CCCC(CCNC)CCC(=O)c1ccc(C(C)(C)O)c(OC)c1. The molecule has 158 valence electrons. The monoisotopic (exact) mass is 389 g/mol. The van der Waals surface area contributed by atoms with E-state index < -0.39 is 5.60 Å². The van der Waals surface area contributed by atoms with Gasteiger partial charge >= 0.3 is 0 Å². The zero-order chi connectivity index (χ0) is 21.2. The van der Waals surface area contributed by atoms with Crippen LogP contribution in [0.5, 0.6) is 5.75 Å². The third kappa shape index (κ3) is 8.15. The largest absolute Gasteiger partial charge is 0.496 e. The van der Waals surface area contributed by atoms with Gasteiger partial charge in [-0.2, -0.15) is 0 Å². The van der Waals surface area contributed by atoms with E-state index in [1.807, 2.05) is 7.05 Å². The summed E-state index contributed by atoms with van der Waals surface area (Å²) in [6.07, 6.45) is 6.92. The first kappa shape index (κ1) is 24.4. The first-order valence-corrected chi connectivity index (χ1v) is 10.5. The van der Waals surface area contributed by atoms with Crippen molar-refractivity contribution >= 4 is 5.78 Å². The lowest BCUT2D eigenvalue weighted by molar-refractivity contribution is 0.0754. The minimum atomic E-state index is -1.01. The molecule has 0 spiro atoms. The summed E-state index contributed by atoms with van der Waals surface area (Å²) in [5.41, 5.74) is 1.64. The summed E-state index contributed by atoms with van der Waals surface area (Å²) >= 11 is 0. The fourth-order valence-corrected chi connectivity index (χ4v) is 3.45. The van der Waals surface area contributed by atoms with Crippen LogP contribution in [0.15, 0.2) is 30.4 Å². The van der Waals surface area contributed by atoms with Gasteiger partial charge in [-0.3, -0.25) is 4.79 Å². The van der Waals surface area contributed by atoms with E-state index in [4.69, 9.17) is 4.74 Å². The van der Waals surface area contributed by atoms with Gasteiger partial charge in [0.2, 0.25) is 0 Å². The van der Waals surface area contributed by atoms with Crippen LogP contribution in [0.25, 0.3) is 0 Å². The van der Waals surface area contributed by atoms with Gasteiger partial charge in [0.05, 0.1) is 12.7 Å². The predicted octanol–water partition coefficient (Wildman–Crippen LogP) is 5.25. The number of hydrogen-bond donors (Lipinski definition) is 2. The number of aliphatic hydroxyl groups is 1. The number of hydrogen-bond acceptors (Lipinski definition) is 4. The van der Waals surface area contributed by atoms with E-state index in [-0.39, 0.29) is 5.78 Å². The molecule has 4 heteroatoms. The molecular weight excluding hydrogens is 350 g/mol. The second kappa shape index (κ2) is 12.0. The second-order valence-corrected chi connectivity index (χ2v) is 8.19. The molecule has 28 heavy (non-hydrogen) atoms. The number of carbonyl (C=O) groups excluding carboxylic acids is 1. The van der Waals surface area contributed by atoms with Crippen LogP contribution in [0, 0.1) is 5.92 Å². The second-order valence-electron chi connectivity index (χ2n) is 8.19. The van der Waals surface area contributed by atoms with Crippen LogP contribution < -0.4 is 10.1 Å². The van der Waals surface area contributed by atoms with Crippen LogP contribution in [0.1, 0.15) is 81.6 Å². The highest BCUT2D eigenvalue weighted by atomic mass is 16.5. The van der Waals surface area contributed by atoms with E-state index in [1.165, 1.54) is 5.57 Å². The Balaban J connectivity index is 2.71. The third-order valence-electron chi connectivity index (χ3n) is 5.41. The van der Waals surface area contributed by atoms with Gasteiger partial charge < -0.3 is 15.2 Å². The molecular formula is C24H39NO3. The Hall–Kier alpha value is -1.65. The first-order chi connectivity index (χ1) is 13.2. The van der Waals surface area contributed by atoms with Crippen molar-refractivity contribution in [2.24, 2.45) is 5.92 Å². The van der Waals surface area contributed by atoms with Crippen LogP contribution in [0.2, 0.25) is 0 Å². The molecule has 0 saturated carbocycles. The summed E-state index contributed by atoms with van der Waals surface area (Å²) in [4.78, 5) is 12.7. The number of carbonyl (C=O) groups is 1. The van der Waals surface area contributed by atoms with Gasteiger partial charge in [0.1, 0.15) is 5.75 Å². The topological polar surface area (TPSA) is 58.6 Å². The maximum Gasteiger partial charge on any atom is 0.163 e. The van der Waals surface area contributed by atoms with Gasteiger partial charge in [0, 0.05) is 17.5 Å². The number of benzene rings is 1. The molecule has 2 N–H and O–H groups in total. The van der Waals surface area contributed by atoms with Crippen molar-refractivity contribution in [2.75, 3.05) is 20.7 Å². The van der Waals surface area contributed by atoms with Crippen molar-refractivity contribution in [3.63, 3.8) is 0 Å². The molecule has 0 bridgehead atoms. The number of allylic oxidation sites excluding steroid dienone is 1. The van der Waals surface area contributed by atoms with Crippen molar-refractivity contribution in [1.29, 1.82) is 0 Å². The van der Waals surface area contributed by atoms with E-state index in [2.05, 4.69) is 18.8 Å². The Bertz CT molecular complexity index is 631. The van der Waals surface area contributed by atoms with E-state index >= 15 is 0 Å². The molecule has 0 amide bonds. The molecule has 0 saturated heterocycles. The highest BCUT2D eigenvalue weighted by molar-refractivity contribution is 5.96. The Kier molecular flexibility index (Phi) is 10.5. The summed E-state index contributed by atoms with van der Waals surface area (Å²) in [6.45, 7) is 10.6. The van der Waals surface area contributed by atoms with Gasteiger partial charge in [-0.1, -0.05) is 37.6 Å². The molecule has 0 radical (unpaired) electrons. The molecule has 1 aromatic rings. The Morgan fingerprint density at radius 2 is 1.96 bits per heavy atom. The zero-order valence-electron chi connectivity index (χ0n) is 18.4. The molecule has 0 fully saturated rings. The molecule has 0 aliphatic carbocycles. The van der Waals surface area contributed by atoms with E-state index in [0.29, 0.717) is 29.2 Å². The molecule has 4 nitrogen and oxygen atoms in total. The molecule has 0 aromatic heterocycles. The maximum atomic E-state index is 12.7. The van der Waals surface area contributed by atoms with Crippen LogP contribution >= 0.6 is 0 Å². The Labute approximate surface area is 171 Å². The quantitative estimate of drug-likeness (QED) is 0.337. The number of ether oxygens (including phenoxy) is 1. The highest BCUT2D eigenvalue weighted by Crippen LogP contribution is 2.31.